The molecule has 14 heavy (non-hydrogen) atoms. The van der Waals surface area contributed by atoms with E-state index in [-0.39, 0.29) is 0 Å². The van der Waals surface area contributed by atoms with Crippen LogP contribution < -0.4 is 5.32 Å². The Morgan fingerprint density at radius 1 is 1.14 bits per heavy atom. The summed E-state index contributed by atoms with van der Waals surface area (Å²) in [5, 5.41) is 3.39. The number of nitrogens with one attached hydrogen (secondary N) is 1. The van der Waals surface area contributed by atoms with E-state index in [4.69, 9.17) is 0 Å². The van der Waals surface area contributed by atoms with E-state index in [0.717, 1.165) is 13.1 Å². The summed E-state index contributed by atoms with van der Waals surface area (Å²) < 4.78 is 0. The van der Waals surface area contributed by atoms with Crippen molar-refractivity contribution in [3.8, 4) is 0 Å². The van der Waals surface area contributed by atoms with Crippen molar-refractivity contribution in [2.75, 3.05) is 19.6 Å². The van der Waals surface area contributed by atoms with Gasteiger partial charge in [-0.25, -0.2) is 0 Å². The summed E-state index contributed by atoms with van der Waals surface area (Å²) >= 11 is 0. The minimum Gasteiger partial charge on any atom is -0.317 e. The van der Waals surface area contributed by atoms with E-state index >= 15 is 0 Å². The summed E-state index contributed by atoms with van der Waals surface area (Å²) in [7, 11) is 0. The lowest BCUT2D eigenvalue weighted by atomic mass is 10.1. The number of nitrogens with zero attached hydrogens (tertiary/aromatic N) is 1. The van der Waals surface area contributed by atoms with E-state index in [9.17, 15) is 0 Å². The normalized spacial score (nSPS) is 13.9. The Hall–Kier alpha value is -0.0800. The van der Waals surface area contributed by atoms with Gasteiger partial charge in [0.2, 0.25) is 0 Å². The van der Waals surface area contributed by atoms with Gasteiger partial charge in [-0.3, -0.25) is 4.90 Å². The Labute approximate surface area is 90.1 Å². The van der Waals surface area contributed by atoms with Crippen molar-refractivity contribution in [3.63, 3.8) is 0 Å². The molecule has 0 aromatic rings. The van der Waals surface area contributed by atoms with Crippen LogP contribution in [0.4, 0.5) is 0 Å². The molecule has 2 heteroatoms. The quantitative estimate of drug-likeness (QED) is 0.606. The van der Waals surface area contributed by atoms with Gasteiger partial charge in [0, 0.05) is 12.1 Å². The molecule has 0 rings (SSSR count). The lowest BCUT2D eigenvalue weighted by Gasteiger charge is -2.32. The van der Waals surface area contributed by atoms with Gasteiger partial charge in [-0.2, -0.15) is 0 Å². The average Bonchev–Trinajstić information content (AvgIpc) is 2.13. The topological polar surface area (TPSA) is 15.3 Å². The van der Waals surface area contributed by atoms with Crippen LogP contribution in [0.15, 0.2) is 0 Å². The second-order valence-electron chi connectivity index (χ2n) is 4.32. The van der Waals surface area contributed by atoms with Crippen LogP contribution in [0.3, 0.4) is 0 Å². The van der Waals surface area contributed by atoms with Crippen LogP contribution in [-0.2, 0) is 0 Å². The summed E-state index contributed by atoms with van der Waals surface area (Å²) in [6, 6.07) is 1.38. The molecular formula is C12H28N2. The smallest absolute Gasteiger partial charge is 0.00817 e. The Kier molecular flexibility index (Phi) is 8.20. The third-order valence-electron chi connectivity index (χ3n) is 2.70. The molecule has 0 aliphatic carbocycles. The van der Waals surface area contributed by atoms with Crippen molar-refractivity contribution in [2.45, 2.75) is 59.5 Å². The highest BCUT2D eigenvalue weighted by molar-refractivity contribution is 4.71. The molecule has 1 unspecified atom stereocenters. The first-order valence-corrected chi connectivity index (χ1v) is 6.09. The maximum atomic E-state index is 3.39. The fourth-order valence-corrected chi connectivity index (χ4v) is 1.90. The Morgan fingerprint density at radius 2 is 1.79 bits per heavy atom. The Bertz CT molecular complexity index is 123. The summed E-state index contributed by atoms with van der Waals surface area (Å²) in [5.74, 6) is 0. The molecule has 0 saturated heterocycles. The van der Waals surface area contributed by atoms with Crippen molar-refractivity contribution in [3.05, 3.63) is 0 Å². The van der Waals surface area contributed by atoms with E-state index in [1.807, 2.05) is 0 Å². The molecular weight excluding hydrogens is 172 g/mol. The van der Waals surface area contributed by atoms with Gasteiger partial charge < -0.3 is 5.32 Å². The standard InChI is InChI=1S/C12H28N2/c1-6-10-14(11(3)4)12(5)8-9-13-7-2/h11-13H,6-10H2,1-5H3. The summed E-state index contributed by atoms with van der Waals surface area (Å²) in [6.45, 7) is 14.8. The predicted molar refractivity (Wildman–Crippen MR) is 64.8 cm³/mol. The van der Waals surface area contributed by atoms with Crippen molar-refractivity contribution in [1.82, 2.24) is 10.2 Å². The zero-order valence-corrected chi connectivity index (χ0v) is 10.6. The van der Waals surface area contributed by atoms with Crippen LogP contribution in [0.5, 0.6) is 0 Å². The third-order valence-corrected chi connectivity index (χ3v) is 2.70. The molecule has 0 heterocycles. The average molecular weight is 200 g/mol. The molecule has 0 radical (unpaired) electrons. The highest BCUT2D eigenvalue weighted by Gasteiger charge is 2.15. The van der Waals surface area contributed by atoms with Crippen LogP contribution in [0.2, 0.25) is 0 Å². The molecule has 0 spiro atoms. The van der Waals surface area contributed by atoms with E-state index in [2.05, 4.69) is 44.8 Å². The predicted octanol–water partition coefficient (Wildman–Crippen LogP) is 2.49. The van der Waals surface area contributed by atoms with Crippen LogP contribution in [0, 0.1) is 0 Å². The van der Waals surface area contributed by atoms with Gasteiger partial charge in [0.25, 0.3) is 0 Å². The number of rotatable bonds is 8. The molecule has 2 nitrogen and oxygen atoms in total. The minimum absolute atomic E-state index is 0.673. The molecule has 0 aliphatic rings. The minimum atomic E-state index is 0.673. The van der Waals surface area contributed by atoms with Crippen LogP contribution >= 0.6 is 0 Å². The lowest BCUT2D eigenvalue weighted by molar-refractivity contribution is 0.156. The largest absolute Gasteiger partial charge is 0.317 e. The molecule has 0 fully saturated rings. The third kappa shape index (κ3) is 5.61. The van der Waals surface area contributed by atoms with E-state index in [0.29, 0.717) is 12.1 Å². The zero-order valence-electron chi connectivity index (χ0n) is 10.6. The maximum absolute atomic E-state index is 3.39. The fourth-order valence-electron chi connectivity index (χ4n) is 1.90. The summed E-state index contributed by atoms with van der Waals surface area (Å²) in [5.41, 5.74) is 0. The summed E-state index contributed by atoms with van der Waals surface area (Å²) in [6.07, 6.45) is 2.51. The van der Waals surface area contributed by atoms with Gasteiger partial charge in [0.05, 0.1) is 0 Å². The van der Waals surface area contributed by atoms with E-state index in [1.165, 1.54) is 19.4 Å². The molecule has 0 amide bonds. The molecule has 86 valence electrons. The second-order valence-corrected chi connectivity index (χ2v) is 4.32. The molecule has 1 N–H and O–H groups in total. The zero-order chi connectivity index (χ0) is 11.0. The molecule has 0 saturated carbocycles. The number of hydrogen-bond donors (Lipinski definition) is 1. The molecule has 0 aromatic carbocycles. The van der Waals surface area contributed by atoms with Gasteiger partial charge in [0.1, 0.15) is 0 Å². The van der Waals surface area contributed by atoms with Gasteiger partial charge in [0.15, 0.2) is 0 Å². The highest BCUT2D eigenvalue weighted by atomic mass is 15.2. The first kappa shape index (κ1) is 13.9. The van der Waals surface area contributed by atoms with Gasteiger partial charge in [-0.15, -0.1) is 0 Å². The van der Waals surface area contributed by atoms with Gasteiger partial charge in [-0.05, 0) is 53.2 Å². The lowest BCUT2D eigenvalue weighted by Crippen LogP contribution is -2.40. The van der Waals surface area contributed by atoms with Crippen molar-refractivity contribution < 1.29 is 0 Å². The SMILES string of the molecule is CCCN(C(C)C)C(C)CCNCC. The highest BCUT2D eigenvalue weighted by Crippen LogP contribution is 2.08. The van der Waals surface area contributed by atoms with Crippen molar-refractivity contribution >= 4 is 0 Å². The van der Waals surface area contributed by atoms with Crippen LogP contribution in [0.25, 0.3) is 0 Å². The number of hydrogen-bond acceptors (Lipinski definition) is 2. The molecule has 0 aromatic heterocycles. The maximum Gasteiger partial charge on any atom is 0.00817 e. The first-order chi connectivity index (χ1) is 6.63. The Morgan fingerprint density at radius 3 is 2.21 bits per heavy atom. The van der Waals surface area contributed by atoms with Crippen LogP contribution in [-0.4, -0.2) is 36.6 Å². The monoisotopic (exact) mass is 200 g/mol. The molecule has 0 aliphatic heterocycles. The Balaban J connectivity index is 3.82. The van der Waals surface area contributed by atoms with E-state index < -0.39 is 0 Å². The van der Waals surface area contributed by atoms with Crippen LogP contribution in [0.1, 0.15) is 47.5 Å². The fraction of sp³-hybridized carbons (Fsp3) is 1.00. The van der Waals surface area contributed by atoms with Crippen molar-refractivity contribution in [2.24, 2.45) is 0 Å². The van der Waals surface area contributed by atoms with Gasteiger partial charge >= 0.3 is 0 Å². The second kappa shape index (κ2) is 8.25. The van der Waals surface area contributed by atoms with Crippen molar-refractivity contribution in [1.29, 1.82) is 0 Å². The van der Waals surface area contributed by atoms with Gasteiger partial charge in [-0.1, -0.05) is 13.8 Å². The molecule has 0 bridgehead atoms. The molecule has 1 atom stereocenters. The first-order valence-electron chi connectivity index (χ1n) is 6.09. The summed E-state index contributed by atoms with van der Waals surface area (Å²) in [4.78, 5) is 2.59. The van der Waals surface area contributed by atoms with E-state index in [1.54, 1.807) is 0 Å².